The van der Waals surface area contributed by atoms with Crippen LogP contribution in [0.3, 0.4) is 0 Å². The van der Waals surface area contributed by atoms with E-state index in [1.165, 1.54) is 0 Å². The van der Waals surface area contributed by atoms with Crippen molar-refractivity contribution in [3.05, 3.63) is 0 Å². The molecule has 0 rings (SSSR count). The maximum absolute atomic E-state index is 12.0. The molecule has 0 aromatic rings. The molecule has 4 nitrogen and oxygen atoms in total. The monoisotopic (exact) mass is 243 g/mol. The Balaban J connectivity index is 4.18. The van der Waals surface area contributed by atoms with Gasteiger partial charge in [-0.15, -0.1) is 0 Å². The van der Waals surface area contributed by atoms with Gasteiger partial charge in [-0.2, -0.15) is 0 Å². The van der Waals surface area contributed by atoms with E-state index in [1.807, 2.05) is 20.8 Å². The standard InChI is InChI=1S/C13H29N3O/c1-6-16(7-2)9-11(5)15-13(17)12(8-14)10(3)4/h10-12H,6-9,14H2,1-5H3,(H,15,17). The quantitative estimate of drug-likeness (QED) is 0.670. The van der Waals surface area contributed by atoms with E-state index in [0.717, 1.165) is 19.6 Å². The van der Waals surface area contributed by atoms with Gasteiger partial charge in [0.25, 0.3) is 0 Å². The lowest BCUT2D eigenvalue weighted by molar-refractivity contribution is -0.126. The van der Waals surface area contributed by atoms with Crippen LogP contribution in [0, 0.1) is 11.8 Å². The Hall–Kier alpha value is -0.610. The van der Waals surface area contributed by atoms with E-state index in [4.69, 9.17) is 5.73 Å². The Bertz CT molecular complexity index is 215. The van der Waals surface area contributed by atoms with Crippen LogP contribution in [0.5, 0.6) is 0 Å². The van der Waals surface area contributed by atoms with E-state index >= 15 is 0 Å². The van der Waals surface area contributed by atoms with Gasteiger partial charge >= 0.3 is 0 Å². The highest BCUT2D eigenvalue weighted by Crippen LogP contribution is 2.09. The second kappa shape index (κ2) is 8.48. The molecule has 0 aliphatic heterocycles. The molecule has 0 saturated heterocycles. The maximum atomic E-state index is 12.0. The minimum Gasteiger partial charge on any atom is -0.352 e. The lowest BCUT2D eigenvalue weighted by Crippen LogP contribution is -2.46. The van der Waals surface area contributed by atoms with E-state index in [9.17, 15) is 4.79 Å². The van der Waals surface area contributed by atoms with Crippen molar-refractivity contribution in [3.8, 4) is 0 Å². The Morgan fingerprint density at radius 2 is 1.76 bits per heavy atom. The number of hydrogen-bond acceptors (Lipinski definition) is 3. The van der Waals surface area contributed by atoms with Gasteiger partial charge in [-0.25, -0.2) is 0 Å². The van der Waals surface area contributed by atoms with E-state index in [-0.39, 0.29) is 17.9 Å². The minimum atomic E-state index is -0.0749. The molecular weight excluding hydrogens is 214 g/mol. The summed E-state index contributed by atoms with van der Waals surface area (Å²) in [6.45, 7) is 13.7. The molecule has 0 heterocycles. The van der Waals surface area contributed by atoms with Crippen molar-refractivity contribution in [1.29, 1.82) is 0 Å². The Kier molecular flexibility index (Phi) is 8.17. The number of nitrogens with one attached hydrogen (secondary N) is 1. The number of carbonyl (C=O) groups excluding carboxylic acids is 1. The molecule has 1 amide bonds. The number of hydrogen-bond donors (Lipinski definition) is 2. The first-order chi connectivity index (χ1) is 7.96. The van der Waals surface area contributed by atoms with Gasteiger partial charge in [0.15, 0.2) is 0 Å². The maximum Gasteiger partial charge on any atom is 0.224 e. The topological polar surface area (TPSA) is 58.4 Å². The summed E-state index contributed by atoms with van der Waals surface area (Å²) in [7, 11) is 0. The molecule has 102 valence electrons. The smallest absolute Gasteiger partial charge is 0.224 e. The summed E-state index contributed by atoms with van der Waals surface area (Å²) >= 11 is 0. The van der Waals surface area contributed by atoms with Crippen molar-refractivity contribution in [1.82, 2.24) is 10.2 Å². The van der Waals surface area contributed by atoms with Crippen LogP contribution in [0.2, 0.25) is 0 Å². The van der Waals surface area contributed by atoms with E-state index in [1.54, 1.807) is 0 Å². The van der Waals surface area contributed by atoms with Crippen molar-refractivity contribution in [2.75, 3.05) is 26.2 Å². The van der Waals surface area contributed by atoms with Gasteiger partial charge in [0, 0.05) is 19.1 Å². The van der Waals surface area contributed by atoms with Crippen LogP contribution >= 0.6 is 0 Å². The van der Waals surface area contributed by atoms with Crippen LogP contribution in [0.25, 0.3) is 0 Å². The summed E-state index contributed by atoms with van der Waals surface area (Å²) in [6, 6.07) is 0.176. The highest BCUT2D eigenvalue weighted by atomic mass is 16.2. The highest BCUT2D eigenvalue weighted by molar-refractivity contribution is 5.79. The number of rotatable bonds is 8. The normalized spacial score (nSPS) is 15.1. The Morgan fingerprint density at radius 3 is 2.12 bits per heavy atom. The molecule has 3 N–H and O–H groups in total. The third-order valence-electron chi connectivity index (χ3n) is 3.21. The van der Waals surface area contributed by atoms with E-state index in [0.29, 0.717) is 12.5 Å². The van der Waals surface area contributed by atoms with Gasteiger partial charge in [0.05, 0.1) is 5.92 Å². The van der Waals surface area contributed by atoms with E-state index in [2.05, 4.69) is 24.1 Å². The molecule has 17 heavy (non-hydrogen) atoms. The summed E-state index contributed by atoms with van der Waals surface area (Å²) < 4.78 is 0. The number of nitrogens with two attached hydrogens (primary N) is 1. The molecule has 0 aromatic carbocycles. The summed E-state index contributed by atoms with van der Waals surface area (Å²) in [5.74, 6) is 0.303. The van der Waals surface area contributed by atoms with Crippen LogP contribution in [0.1, 0.15) is 34.6 Å². The lowest BCUT2D eigenvalue weighted by Gasteiger charge is -2.26. The highest BCUT2D eigenvalue weighted by Gasteiger charge is 2.22. The predicted molar refractivity (Wildman–Crippen MR) is 72.8 cm³/mol. The number of carbonyl (C=O) groups is 1. The number of likely N-dealkylation sites (N-methyl/N-ethyl adjacent to an activating group) is 1. The first-order valence-corrected chi connectivity index (χ1v) is 6.68. The number of amides is 1. The summed E-state index contributed by atoms with van der Waals surface area (Å²) in [5, 5.41) is 3.05. The third-order valence-corrected chi connectivity index (χ3v) is 3.21. The molecule has 0 spiro atoms. The van der Waals surface area contributed by atoms with Crippen LogP contribution in [-0.4, -0.2) is 43.0 Å². The van der Waals surface area contributed by atoms with Gasteiger partial charge in [0.2, 0.25) is 5.91 Å². The zero-order chi connectivity index (χ0) is 13.4. The van der Waals surface area contributed by atoms with Crippen LogP contribution in [0.4, 0.5) is 0 Å². The fourth-order valence-corrected chi connectivity index (χ4v) is 1.95. The molecular formula is C13H29N3O. The molecule has 2 atom stereocenters. The van der Waals surface area contributed by atoms with Crippen LogP contribution in [-0.2, 0) is 4.79 Å². The largest absolute Gasteiger partial charge is 0.352 e. The van der Waals surface area contributed by atoms with Gasteiger partial charge in [-0.05, 0) is 25.9 Å². The van der Waals surface area contributed by atoms with Gasteiger partial charge in [0.1, 0.15) is 0 Å². The van der Waals surface area contributed by atoms with Crippen molar-refractivity contribution < 1.29 is 4.79 Å². The molecule has 2 unspecified atom stereocenters. The first-order valence-electron chi connectivity index (χ1n) is 6.68. The second-order valence-electron chi connectivity index (χ2n) is 4.98. The Morgan fingerprint density at radius 1 is 1.24 bits per heavy atom. The Labute approximate surface area is 106 Å². The molecule has 0 bridgehead atoms. The van der Waals surface area contributed by atoms with Crippen molar-refractivity contribution >= 4 is 5.91 Å². The molecule has 0 saturated carbocycles. The zero-order valence-corrected chi connectivity index (χ0v) is 12.0. The summed E-state index contributed by atoms with van der Waals surface area (Å²) in [4.78, 5) is 14.3. The fourth-order valence-electron chi connectivity index (χ4n) is 1.95. The molecule has 0 aliphatic rings. The average Bonchev–Trinajstić information content (AvgIpc) is 2.26. The third kappa shape index (κ3) is 6.03. The molecule has 0 radical (unpaired) electrons. The van der Waals surface area contributed by atoms with E-state index < -0.39 is 0 Å². The van der Waals surface area contributed by atoms with Crippen molar-refractivity contribution in [3.63, 3.8) is 0 Å². The van der Waals surface area contributed by atoms with Gasteiger partial charge in [-0.1, -0.05) is 27.7 Å². The predicted octanol–water partition coefficient (Wildman–Crippen LogP) is 1.06. The lowest BCUT2D eigenvalue weighted by atomic mass is 9.95. The SMILES string of the molecule is CCN(CC)CC(C)NC(=O)C(CN)C(C)C. The second-order valence-corrected chi connectivity index (χ2v) is 4.98. The summed E-state index contributed by atoms with van der Waals surface area (Å²) in [5.41, 5.74) is 5.63. The molecule has 0 aliphatic carbocycles. The summed E-state index contributed by atoms with van der Waals surface area (Å²) in [6.07, 6.45) is 0. The van der Waals surface area contributed by atoms with Crippen molar-refractivity contribution in [2.45, 2.75) is 40.7 Å². The minimum absolute atomic E-state index is 0.0749. The van der Waals surface area contributed by atoms with Crippen LogP contribution in [0.15, 0.2) is 0 Å². The fraction of sp³-hybridized carbons (Fsp3) is 0.923. The van der Waals surface area contributed by atoms with Gasteiger partial charge < -0.3 is 16.0 Å². The molecule has 4 heteroatoms. The van der Waals surface area contributed by atoms with Gasteiger partial charge in [-0.3, -0.25) is 4.79 Å². The first kappa shape index (κ1) is 16.4. The van der Waals surface area contributed by atoms with Crippen molar-refractivity contribution in [2.24, 2.45) is 17.6 Å². The molecule has 0 fully saturated rings. The molecule has 0 aromatic heterocycles. The number of nitrogens with zero attached hydrogens (tertiary/aromatic N) is 1. The van der Waals surface area contributed by atoms with Crippen LogP contribution < -0.4 is 11.1 Å². The average molecular weight is 243 g/mol. The zero-order valence-electron chi connectivity index (χ0n) is 12.0.